The maximum Gasteiger partial charge on any atom is 0.226 e. The molecule has 1 saturated heterocycles. The largest absolute Gasteiger partial charge is 0.369 e. The van der Waals surface area contributed by atoms with Gasteiger partial charge in [0, 0.05) is 62.2 Å². The van der Waals surface area contributed by atoms with E-state index in [2.05, 4.69) is 70.1 Å². The third-order valence-electron chi connectivity index (χ3n) is 5.93. The minimum atomic E-state index is 0.0511. The lowest BCUT2D eigenvalue weighted by Gasteiger charge is -2.35. The van der Waals surface area contributed by atoms with Crippen molar-refractivity contribution in [3.63, 3.8) is 0 Å². The minimum absolute atomic E-state index is 0.0511. The van der Waals surface area contributed by atoms with Crippen molar-refractivity contribution in [1.82, 2.24) is 9.47 Å². The number of aromatic nitrogens is 1. The fourth-order valence-corrected chi connectivity index (χ4v) is 4.08. The van der Waals surface area contributed by atoms with Crippen LogP contribution in [0.2, 0.25) is 0 Å². The molecule has 5 heteroatoms. The molecule has 29 heavy (non-hydrogen) atoms. The molecule has 0 radical (unpaired) electrons. The van der Waals surface area contributed by atoms with Gasteiger partial charge in [-0.3, -0.25) is 4.79 Å². The molecule has 0 bridgehead atoms. The molecule has 2 aromatic carbocycles. The Hall–Kier alpha value is -2.79. The van der Waals surface area contributed by atoms with Gasteiger partial charge in [0.05, 0.1) is 0 Å². The number of benzene rings is 2. The molecular formula is C24H30N4O. The van der Waals surface area contributed by atoms with Crippen LogP contribution in [0.15, 0.2) is 54.7 Å². The Morgan fingerprint density at radius 3 is 2.59 bits per heavy atom. The Morgan fingerprint density at radius 2 is 1.83 bits per heavy atom. The van der Waals surface area contributed by atoms with E-state index in [0.29, 0.717) is 13.0 Å². The zero-order valence-electron chi connectivity index (χ0n) is 17.4. The van der Waals surface area contributed by atoms with Crippen molar-refractivity contribution in [2.24, 2.45) is 0 Å². The molecule has 1 fully saturated rings. The van der Waals surface area contributed by atoms with Crippen LogP contribution < -0.4 is 10.2 Å². The quantitative estimate of drug-likeness (QED) is 0.688. The molecule has 4 rings (SSSR count). The number of hydrogen-bond acceptors (Lipinski definition) is 3. The van der Waals surface area contributed by atoms with E-state index in [1.165, 1.54) is 16.6 Å². The second kappa shape index (κ2) is 8.70. The van der Waals surface area contributed by atoms with E-state index in [4.69, 9.17) is 0 Å². The van der Waals surface area contributed by atoms with Gasteiger partial charge < -0.3 is 19.7 Å². The summed E-state index contributed by atoms with van der Waals surface area (Å²) in [6.07, 6.45) is 2.51. The lowest BCUT2D eigenvalue weighted by Crippen LogP contribution is -2.46. The van der Waals surface area contributed by atoms with Crippen molar-refractivity contribution in [1.29, 1.82) is 0 Å². The van der Waals surface area contributed by atoms with Crippen molar-refractivity contribution >= 4 is 28.2 Å². The maximum absolute atomic E-state index is 12.5. The fourth-order valence-electron chi connectivity index (χ4n) is 4.08. The van der Waals surface area contributed by atoms with E-state index in [9.17, 15) is 4.79 Å². The topological polar surface area (TPSA) is 40.5 Å². The summed E-state index contributed by atoms with van der Waals surface area (Å²) in [6, 6.07) is 16.7. The highest BCUT2D eigenvalue weighted by Gasteiger charge is 2.16. The number of amides is 1. The van der Waals surface area contributed by atoms with Crippen LogP contribution in [-0.4, -0.2) is 48.1 Å². The molecule has 0 unspecified atom stereocenters. The predicted octanol–water partition coefficient (Wildman–Crippen LogP) is 4.12. The van der Waals surface area contributed by atoms with Crippen LogP contribution >= 0.6 is 0 Å². The third kappa shape index (κ3) is 4.46. The summed E-state index contributed by atoms with van der Waals surface area (Å²) in [6.45, 7) is 10.4. The molecule has 0 saturated carbocycles. The number of anilines is 2. The van der Waals surface area contributed by atoms with E-state index < -0.39 is 0 Å². The van der Waals surface area contributed by atoms with Gasteiger partial charge in [0.1, 0.15) is 0 Å². The highest BCUT2D eigenvalue weighted by molar-refractivity contribution is 5.92. The summed E-state index contributed by atoms with van der Waals surface area (Å²) < 4.78 is 2.14. The van der Waals surface area contributed by atoms with Crippen LogP contribution in [0.3, 0.4) is 0 Å². The minimum Gasteiger partial charge on any atom is -0.369 e. The Balaban J connectivity index is 1.34. The number of aryl methyl sites for hydroxylation is 2. The highest BCUT2D eigenvalue weighted by atomic mass is 16.1. The Labute approximate surface area is 172 Å². The van der Waals surface area contributed by atoms with Gasteiger partial charge in [-0.1, -0.05) is 25.1 Å². The molecule has 1 aliphatic heterocycles. The number of likely N-dealkylation sites (N-methyl/N-ethyl adjacent to an activating group) is 1. The van der Waals surface area contributed by atoms with E-state index >= 15 is 0 Å². The van der Waals surface area contributed by atoms with Crippen molar-refractivity contribution in [2.45, 2.75) is 26.8 Å². The normalized spacial score (nSPS) is 15.0. The lowest BCUT2D eigenvalue weighted by atomic mass is 10.1. The molecule has 0 spiro atoms. The molecule has 1 amide bonds. The van der Waals surface area contributed by atoms with Crippen LogP contribution in [0.1, 0.15) is 18.9 Å². The number of para-hydroxylation sites is 1. The van der Waals surface area contributed by atoms with Gasteiger partial charge in [0.25, 0.3) is 0 Å². The first-order chi connectivity index (χ1) is 14.1. The van der Waals surface area contributed by atoms with E-state index in [-0.39, 0.29) is 5.91 Å². The predicted molar refractivity (Wildman–Crippen MR) is 121 cm³/mol. The van der Waals surface area contributed by atoms with E-state index in [1.54, 1.807) is 0 Å². The van der Waals surface area contributed by atoms with Crippen molar-refractivity contribution in [2.75, 3.05) is 42.9 Å². The number of nitrogens with one attached hydrogen (secondary N) is 1. The Bertz CT molecular complexity index is 985. The van der Waals surface area contributed by atoms with Gasteiger partial charge in [-0.05, 0) is 54.8 Å². The first-order valence-electron chi connectivity index (χ1n) is 10.6. The van der Waals surface area contributed by atoms with Gasteiger partial charge in [-0.25, -0.2) is 0 Å². The van der Waals surface area contributed by atoms with Crippen LogP contribution in [0.25, 0.3) is 10.9 Å². The van der Waals surface area contributed by atoms with Crippen molar-refractivity contribution < 1.29 is 4.79 Å². The highest BCUT2D eigenvalue weighted by Crippen LogP contribution is 2.24. The summed E-state index contributed by atoms with van der Waals surface area (Å²) in [4.78, 5) is 17.4. The summed E-state index contributed by atoms with van der Waals surface area (Å²) >= 11 is 0. The standard InChI is InChI=1S/C24H30N4O/c1-3-26-14-16-27(17-15-26)21-8-9-22(19(2)18-21)25-24(29)11-13-28-12-10-20-6-4-5-7-23(20)28/h4-10,12,18H,3,11,13-17H2,1-2H3,(H,25,29). The summed E-state index contributed by atoms with van der Waals surface area (Å²) in [5.41, 5.74) is 4.43. The first kappa shape index (κ1) is 19.5. The average Bonchev–Trinajstić information content (AvgIpc) is 3.17. The molecule has 3 aromatic rings. The van der Waals surface area contributed by atoms with Crippen LogP contribution in [0, 0.1) is 6.92 Å². The zero-order valence-corrected chi connectivity index (χ0v) is 17.4. The maximum atomic E-state index is 12.5. The lowest BCUT2D eigenvalue weighted by molar-refractivity contribution is -0.116. The Morgan fingerprint density at radius 1 is 1.03 bits per heavy atom. The molecule has 152 valence electrons. The van der Waals surface area contributed by atoms with Crippen LogP contribution in [0.4, 0.5) is 11.4 Å². The van der Waals surface area contributed by atoms with Crippen molar-refractivity contribution in [3.05, 3.63) is 60.3 Å². The number of fused-ring (bicyclic) bond motifs is 1. The molecule has 1 N–H and O–H groups in total. The molecule has 5 nitrogen and oxygen atoms in total. The summed E-state index contributed by atoms with van der Waals surface area (Å²) in [7, 11) is 0. The van der Waals surface area contributed by atoms with Gasteiger partial charge in [0.2, 0.25) is 5.91 Å². The number of piperazine rings is 1. The van der Waals surface area contributed by atoms with Crippen LogP contribution in [0.5, 0.6) is 0 Å². The third-order valence-corrected chi connectivity index (χ3v) is 5.93. The number of nitrogens with zero attached hydrogens (tertiary/aromatic N) is 3. The first-order valence-corrected chi connectivity index (χ1v) is 10.6. The molecule has 0 atom stereocenters. The number of rotatable bonds is 6. The average molecular weight is 391 g/mol. The second-order valence-corrected chi connectivity index (χ2v) is 7.79. The Kier molecular flexibility index (Phi) is 5.86. The zero-order chi connectivity index (χ0) is 20.2. The van der Waals surface area contributed by atoms with Gasteiger partial charge in [-0.15, -0.1) is 0 Å². The summed E-state index contributed by atoms with van der Waals surface area (Å²) in [5, 5.41) is 4.30. The monoisotopic (exact) mass is 390 g/mol. The van der Waals surface area contributed by atoms with Gasteiger partial charge in [0.15, 0.2) is 0 Å². The molecular weight excluding hydrogens is 360 g/mol. The van der Waals surface area contributed by atoms with Crippen LogP contribution in [-0.2, 0) is 11.3 Å². The van der Waals surface area contributed by atoms with E-state index in [1.807, 2.05) is 18.2 Å². The number of carbonyl (C=O) groups is 1. The van der Waals surface area contributed by atoms with Gasteiger partial charge >= 0.3 is 0 Å². The SMILES string of the molecule is CCN1CCN(c2ccc(NC(=O)CCn3ccc4ccccc43)c(C)c2)CC1. The molecule has 1 aliphatic rings. The molecule has 2 heterocycles. The second-order valence-electron chi connectivity index (χ2n) is 7.79. The van der Waals surface area contributed by atoms with Crippen molar-refractivity contribution in [3.8, 4) is 0 Å². The fraction of sp³-hybridized carbons (Fsp3) is 0.375. The summed E-state index contributed by atoms with van der Waals surface area (Å²) in [5.74, 6) is 0.0511. The molecule has 1 aromatic heterocycles. The number of hydrogen-bond donors (Lipinski definition) is 1. The smallest absolute Gasteiger partial charge is 0.226 e. The molecule has 0 aliphatic carbocycles. The number of carbonyl (C=O) groups excluding carboxylic acids is 1. The van der Waals surface area contributed by atoms with Gasteiger partial charge in [-0.2, -0.15) is 0 Å². The van der Waals surface area contributed by atoms with E-state index in [0.717, 1.165) is 44.0 Å².